The molecule has 2 aromatic rings. The Morgan fingerprint density at radius 2 is 2.00 bits per heavy atom. The van der Waals surface area contributed by atoms with Crippen LogP contribution in [0.5, 0.6) is 0 Å². The van der Waals surface area contributed by atoms with E-state index >= 15 is 0 Å². The summed E-state index contributed by atoms with van der Waals surface area (Å²) in [5.74, 6) is -0.214. The number of benzene rings is 1. The lowest BCUT2D eigenvalue weighted by Crippen LogP contribution is -2.43. The Morgan fingerprint density at radius 3 is 2.61 bits per heavy atom. The van der Waals surface area contributed by atoms with Gasteiger partial charge in [0.1, 0.15) is 4.90 Å². The highest BCUT2D eigenvalue weighted by Crippen LogP contribution is 2.31. The number of amides is 1. The number of piperidine rings is 1. The predicted octanol–water partition coefficient (Wildman–Crippen LogP) is 4.72. The molecule has 0 radical (unpaired) electrons. The molecule has 1 aliphatic rings. The first-order valence-electron chi connectivity index (χ1n) is 9.12. The minimum absolute atomic E-state index is 0.000436. The summed E-state index contributed by atoms with van der Waals surface area (Å²) in [7, 11) is -3.74. The summed E-state index contributed by atoms with van der Waals surface area (Å²) >= 11 is 13.6. The van der Waals surface area contributed by atoms with E-state index in [-0.39, 0.29) is 40.9 Å². The largest absolute Gasteiger partial charge is 0.348 e. The number of nitrogens with zero attached hydrogens (tertiary/aromatic N) is 1. The van der Waals surface area contributed by atoms with E-state index in [1.807, 2.05) is 24.4 Å². The second-order valence-corrected chi connectivity index (χ2v) is 10.5. The van der Waals surface area contributed by atoms with Crippen molar-refractivity contribution in [1.29, 1.82) is 0 Å². The van der Waals surface area contributed by atoms with Crippen molar-refractivity contribution in [3.63, 3.8) is 0 Å². The summed E-state index contributed by atoms with van der Waals surface area (Å²) in [5.41, 5.74) is 0. The third-order valence-corrected chi connectivity index (χ3v) is 8.55. The van der Waals surface area contributed by atoms with Crippen molar-refractivity contribution >= 4 is 50.5 Å². The maximum atomic E-state index is 12.9. The highest BCUT2D eigenvalue weighted by molar-refractivity contribution is 7.89. The van der Waals surface area contributed by atoms with Gasteiger partial charge >= 0.3 is 0 Å². The smallest absolute Gasteiger partial charge is 0.244 e. The Balaban J connectivity index is 1.63. The van der Waals surface area contributed by atoms with Crippen LogP contribution in [0.25, 0.3) is 0 Å². The number of hydrogen-bond acceptors (Lipinski definition) is 4. The summed E-state index contributed by atoms with van der Waals surface area (Å²) in [6, 6.07) is 8.39. The van der Waals surface area contributed by atoms with Gasteiger partial charge in [0, 0.05) is 28.9 Å². The molecule has 1 saturated heterocycles. The lowest BCUT2D eigenvalue weighted by atomic mass is 9.96. The van der Waals surface area contributed by atoms with E-state index in [1.54, 1.807) is 17.4 Å². The van der Waals surface area contributed by atoms with Crippen molar-refractivity contribution in [3.05, 3.63) is 50.6 Å². The second-order valence-electron chi connectivity index (χ2n) is 6.74. The Morgan fingerprint density at radius 1 is 1.29 bits per heavy atom. The van der Waals surface area contributed by atoms with Crippen molar-refractivity contribution in [2.24, 2.45) is 5.92 Å². The fourth-order valence-electron chi connectivity index (χ4n) is 3.33. The fraction of sp³-hybridized carbons (Fsp3) is 0.421. The van der Waals surface area contributed by atoms with E-state index < -0.39 is 10.0 Å². The first-order valence-corrected chi connectivity index (χ1v) is 12.2. The van der Waals surface area contributed by atoms with Crippen molar-refractivity contribution in [2.75, 3.05) is 13.1 Å². The molecule has 0 bridgehead atoms. The summed E-state index contributed by atoms with van der Waals surface area (Å²) < 4.78 is 27.2. The predicted molar refractivity (Wildman–Crippen MR) is 113 cm³/mol. The van der Waals surface area contributed by atoms with E-state index in [2.05, 4.69) is 5.32 Å². The van der Waals surface area contributed by atoms with Crippen LogP contribution in [-0.4, -0.2) is 31.7 Å². The minimum atomic E-state index is -3.74. The van der Waals surface area contributed by atoms with E-state index in [1.165, 1.54) is 16.4 Å². The normalized spacial score (nSPS) is 17.4. The number of rotatable bonds is 6. The lowest BCUT2D eigenvalue weighted by molar-refractivity contribution is -0.126. The molecule has 0 spiro atoms. The average Bonchev–Trinajstić information content (AvgIpc) is 3.22. The quantitative estimate of drug-likeness (QED) is 0.677. The zero-order chi connectivity index (χ0) is 20.3. The maximum Gasteiger partial charge on any atom is 0.244 e. The molecule has 1 N–H and O–H groups in total. The van der Waals surface area contributed by atoms with Gasteiger partial charge in [0.25, 0.3) is 0 Å². The zero-order valence-corrected chi connectivity index (χ0v) is 18.5. The number of sulfonamides is 1. The van der Waals surface area contributed by atoms with E-state index in [4.69, 9.17) is 23.2 Å². The van der Waals surface area contributed by atoms with Crippen LogP contribution in [0, 0.1) is 5.92 Å². The minimum Gasteiger partial charge on any atom is -0.348 e. The molecule has 0 aliphatic carbocycles. The first kappa shape index (κ1) is 21.6. The third kappa shape index (κ3) is 4.71. The summed E-state index contributed by atoms with van der Waals surface area (Å²) in [5, 5.41) is 5.56. The molecule has 1 atom stereocenters. The lowest BCUT2D eigenvalue weighted by Gasteiger charge is -2.31. The molecule has 3 rings (SSSR count). The van der Waals surface area contributed by atoms with Gasteiger partial charge in [0.15, 0.2) is 0 Å². The SMILES string of the molecule is CCC(NC(=O)C1CCN(S(=O)(=O)c2cc(Cl)ccc2Cl)CC1)c1cccs1. The van der Waals surface area contributed by atoms with Crippen LogP contribution in [-0.2, 0) is 14.8 Å². The van der Waals surface area contributed by atoms with E-state index in [9.17, 15) is 13.2 Å². The van der Waals surface area contributed by atoms with Crippen LogP contribution >= 0.6 is 34.5 Å². The monoisotopic (exact) mass is 460 g/mol. The molecule has 2 heterocycles. The zero-order valence-electron chi connectivity index (χ0n) is 15.4. The van der Waals surface area contributed by atoms with Crippen LogP contribution < -0.4 is 5.32 Å². The van der Waals surface area contributed by atoms with Gasteiger partial charge in [0.05, 0.1) is 11.1 Å². The van der Waals surface area contributed by atoms with E-state index in [0.29, 0.717) is 17.9 Å². The Hall–Kier alpha value is -1.12. The molecule has 1 aromatic carbocycles. The molecular weight excluding hydrogens is 439 g/mol. The molecule has 28 heavy (non-hydrogen) atoms. The van der Waals surface area contributed by atoms with Gasteiger partial charge in [-0.05, 0) is 48.9 Å². The van der Waals surface area contributed by atoms with Crippen LogP contribution in [0.1, 0.15) is 37.1 Å². The van der Waals surface area contributed by atoms with Crippen LogP contribution in [0.15, 0.2) is 40.6 Å². The topological polar surface area (TPSA) is 66.5 Å². The second kappa shape index (κ2) is 9.13. The Bertz CT molecular complexity index is 925. The Labute approximate surface area is 179 Å². The van der Waals surface area contributed by atoms with Gasteiger partial charge in [0.2, 0.25) is 15.9 Å². The highest BCUT2D eigenvalue weighted by atomic mass is 35.5. The molecule has 1 aromatic heterocycles. The molecule has 152 valence electrons. The molecule has 0 saturated carbocycles. The molecule has 1 aliphatic heterocycles. The van der Waals surface area contributed by atoms with E-state index in [0.717, 1.165) is 11.3 Å². The number of carbonyl (C=O) groups excluding carboxylic acids is 1. The number of carbonyl (C=O) groups is 1. The number of thiophene rings is 1. The van der Waals surface area contributed by atoms with Gasteiger partial charge in [-0.25, -0.2) is 8.42 Å². The van der Waals surface area contributed by atoms with Gasteiger partial charge in [-0.2, -0.15) is 4.31 Å². The molecule has 5 nitrogen and oxygen atoms in total. The first-order chi connectivity index (χ1) is 13.3. The number of nitrogens with one attached hydrogen (secondary N) is 1. The fourth-order valence-corrected chi connectivity index (χ4v) is 6.39. The van der Waals surface area contributed by atoms with Crippen molar-refractivity contribution in [1.82, 2.24) is 9.62 Å². The van der Waals surface area contributed by atoms with Gasteiger partial charge in [-0.1, -0.05) is 36.2 Å². The Kier molecular flexibility index (Phi) is 7.04. The summed E-state index contributed by atoms with van der Waals surface area (Å²) in [6.07, 6.45) is 1.76. The van der Waals surface area contributed by atoms with Gasteiger partial charge < -0.3 is 5.32 Å². The molecular formula is C19H22Cl2N2O3S2. The van der Waals surface area contributed by atoms with Crippen molar-refractivity contribution in [2.45, 2.75) is 37.1 Å². The standard InChI is InChI=1S/C19H22Cl2N2O3S2/c1-2-16(17-4-3-11-27-17)22-19(24)13-7-9-23(10-8-13)28(25,26)18-12-14(20)5-6-15(18)21/h3-6,11-13,16H,2,7-10H2,1H3,(H,22,24). The average molecular weight is 461 g/mol. The number of hydrogen-bond donors (Lipinski definition) is 1. The van der Waals surface area contributed by atoms with Crippen LogP contribution in [0.4, 0.5) is 0 Å². The summed E-state index contributed by atoms with van der Waals surface area (Å²) in [6.45, 7) is 2.59. The number of halogens is 2. The maximum absolute atomic E-state index is 12.9. The molecule has 9 heteroatoms. The highest BCUT2D eigenvalue weighted by Gasteiger charge is 2.33. The molecule has 1 fully saturated rings. The third-order valence-electron chi connectivity index (χ3n) is 4.95. The van der Waals surface area contributed by atoms with Crippen LogP contribution in [0.2, 0.25) is 10.0 Å². The van der Waals surface area contributed by atoms with Gasteiger partial charge in [-0.15, -0.1) is 11.3 Å². The molecule has 1 unspecified atom stereocenters. The van der Waals surface area contributed by atoms with Gasteiger partial charge in [-0.3, -0.25) is 4.79 Å². The van der Waals surface area contributed by atoms with Crippen LogP contribution in [0.3, 0.4) is 0 Å². The molecule has 1 amide bonds. The van der Waals surface area contributed by atoms with Crippen molar-refractivity contribution in [3.8, 4) is 0 Å². The van der Waals surface area contributed by atoms with Crippen molar-refractivity contribution < 1.29 is 13.2 Å². The summed E-state index contributed by atoms with van der Waals surface area (Å²) in [4.78, 5) is 13.8.